The Kier molecular flexibility index (Phi) is 3.73. The maximum Gasteiger partial charge on any atom is 0.161 e. The van der Waals surface area contributed by atoms with E-state index >= 15 is 0 Å². The van der Waals surface area contributed by atoms with Crippen LogP contribution in [0, 0.1) is 11.8 Å². The predicted molar refractivity (Wildman–Crippen MR) is 48.0 cm³/mol. The van der Waals surface area contributed by atoms with Crippen molar-refractivity contribution in [3.8, 4) is 0 Å². The van der Waals surface area contributed by atoms with E-state index in [1.165, 1.54) is 12.8 Å². The second kappa shape index (κ2) is 4.61. The minimum atomic E-state index is 0.299. The molecule has 0 saturated heterocycles. The topological polar surface area (TPSA) is 26.3 Å². The lowest BCUT2D eigenvalue weighted by Crippen LogP contribution is -2.16. The molecule has 70 valence electrons. The van der Waals surface area contributed by atoms with E-state index in [0.717, 1.165) is 18.8 Å². The first-order chi connectivity index (χ1) is 5.77. The summed E-state index contributed by atoms with van der Waals surface area (Å²) in [6.07, 6.45) is 4.63. The van der Waals surface area contributed by atoms with E-state index < -0.39 is 0 Å². The molecule has 0 aromatic rings. The minimum Gasteiger partial charge on any atom is -0.377 e. The van der Waals surface area contributed by atoms with Crippen LogP contribution >= 0.6 is 0 Å². The van der Waals surface area contributed by atoms with Gasteiger partial charge in [0, 0.05) is 13.0 Å². The maximum atomic E-state index is 11.4. The molecular formula is C10H18O2. The zero-order valence-electron chi connectivity index (χ0n) is 8.01. The van der Waals surface area contributed by atoms with E-state index in [1.54, 1.807) is 7.11 Å². The standard InChI is InChI=1S/C10H18O2/c1-3-8-4-5-9(6-8)10(11)7-12-2/h8-9H,3-7H2,1-2H3. The highest BCUT2D eigenvalue weighted by molar-refractivity contribution is 5.82. The molecule has 1 saturated carbocycles. The predicted octanol–water partition coefficient (Wildman–Crippen LogP) is 2.03. The normalized spacial score (nSPS) is 29.2. The molecule has 0 heterocycles. The molecule has 1 aliphatic rings. The fourth-order valence-electron chi connectivity index (χ4n) is 2.00. The van der Waals surface area contributed by atoms with Crippen molar-refractivity contribution in [1.29, 1.82) is 0 Å². The van der Waals surface area contributed by atoms with Crippen LogP contribution in [0.4, 0.5) is 0 Å². The van der Waals surface area contributed by atoms with Crippen LogP contribution < -0.4 is 0 Å². The van der Waals surface area contributed by atoms with Gasteiger partial charge in [0.1, 0.15) is 6.61 Å². The van der Waals surface area contributed by atoms with E-state index in [0.29, 0.717) is 18.3 Å². The third kappa shape index (κ3) is 2.31. The molecule has 1 rings (SSSR count). The molecule has 0 N–H and O–H groups in total. The monoisotopic (exact) mass is 170 g/mol. The lowest BCUT2D eigenvalue weighted by Gasteiger charge is -2.07. The van der Waals surface area contributed by atoms with E-state index in [4.69, 9.17) is 4.74 Å². The lowest BCUT2D eigenvalue weighted by molar-refractivity contribution is -0.126. The summed E-state index contributed by atoms with van der Waals surface area (Å²) in [5.41, 5.74) is 0. The van der Waals surface area contributed by atoms with Crippen LogP contribution in [0.25, 0.3) is 0 Å². The van der Waals surface area contributed by atoms with Gasteiger partial charge in [-0.2, -0.15) is 0 Å². The number of hydrogen-bond donors (Lipinski definition) is 0. The average molecular weight is 170 g/mol. The van der Waals surface area contributed by atoms with Gasteiger partial charge in [0.15, 0.2) is 5.78 Å². The van der Waals surface area contributed by atoms with Gasteiger partial charge in [-0.1, -0.05) is 13.3 Å². The van der Waals surface area contributed by atoms with Crippen LogP contribution in [0.2, 0.25) is 0 Å². The van der Waals surface area contributed by atoms with Gasteiger partial charge in [0.25, 0.3) is 0 Å². The van der Waals surface area contributed by atoms with Crippen molar-refractivity contribution in [2.45, 2.75) is 32.6 Å². The summed E-state index contributed by atoms with van der Waals surface area (Å²) in [6.45, 7) is 2.51. The molecule has 2 unspecified atom stereocenters. The Bertz CT molecular complexity index is 154. The van der Waals surface area contributed by atoms with Crippen LogP contribution in [0.1, 0.15) is 32.6 Å². The number of hydrogen-bond acceptors (Lipinski definition) is 2. The molecule has 0 bridgehead atoms. The Labute approximate surface area is 74.3 Å². The van der Waals surface area contributed by atoms with Crippen molar-refractivity contribution in [2.75, 3.05) is 13.7 Å². The molecule has 0 aromatic heterocycles. The quantitative estimate of drug-likeness (QED) is 0.645. The van der Waals surface area contributed by atoms with Crippen molar-refractivity contribution in [3.63, 3.8) is 0 Å². The highest BCUT2D eigenvalue weighted by Crippen LogP contribution is 2.33. The molecule has 2 atom stereocenters. The smallest absolute Gasteiger partial charge is 0.161 e. The Morgan fingerprint density at radius 2 is 2.25 bits per heavy atom. The summed E-state index contributed by atoms with van der Waals surface area (Å²) in [4.78, 5) is 11.4. The first-order valence-corrected chi connectivity index (χ1v) is 4.79. The molecule has 0 aliphatic heterocycles. The summed E-state index contributed by atoms with van der Waals surface area (Å²) in [5, 5.41) is 0. The van der Waals surface area contributed by atoms with Crippen LogP contribution in [0.3, 0.4) is 0 Å². The van der Waals surface area contributed by atoms with E-state index in [9.17, 15) is 4.79 Å². The van der Waals surface area contributed by atoms with Crippen molar-refractivity contribution >= 4 is 5.78 Å². The molecule has 1 fully saturated rings. The zero-order chi connectivity index (χ0) is 8.97. The second-order valence-electron chi connectivity index (χ2n) is 3.68. The first kappa shape index (κ1) is 9.72. The molecule has 12 heavy (non-hydrogen) atoms. The number of carbonyl (C=O) groups is 1. The van der Waals surface area contributed by atoms with Crippen molar-refractivity contribution < 1.29 is 9.53 Å². The number of methoxy groups -OCH3 is 1. The number of carbonyl (C=O) groups excluding carboxylic acids is 1. The van der Waals surface area contributed by atoms with E-state index in [-0.39, 0.29) is 0 Å². The lowest BCUT2D eigenvalue weighted by atomic mass is 10.00. The maximum absolute atomic E-state index is 11.4. The molecule has 0 amide bonds. The number of ether oxygens (including phenoxy) is 1. The van der Waals surface area contributed by atoms with Crippen molar-refractivity contribution in [2.24, 2.45) is 11.8 Å². The molecule has 1 aliphatic carbocycles. The van der Waals surface area contributed by atoms with Crippen LogP contribution in [0.15, 0.2) is 0 Å². The van der Waals surface area contributed by atoms with Crippen molar-refractivity contribution in [3.05, 3.63) is 0 Å². The summed E-state index contributed by atoms with van der Waals surface area (Å²) in [6, 6.07) is 0. The second-order valence-corrected chi connectivity index (χ2v) is 3.68. The third-order valence-electron chi connectivity index (χ3n) is 2.86. The molecule has 2 nitrogen and oxygen atoms in total. The van der Waals surface area contributed by atoms with Gasteiger partial charge in [0.2, 0.25) is 0 Å². The largest absolute Gasteiger partial charge is 0.377 e. The van der Waals surface area contributed by atoms with Crippen molar-refractivity contribution in [1.82, 2.24) is 0 Å². The molecule has 0 radical (unpaired) electrons. The zero-order valence-corrected chi connectivity index (χ0v) is 8.01. The third-order valence-corrected chi connectivity index (χ3v) is 2.86. The Morgan fingerprint density at radius 1 is 1.50 bits per heavy atom. The summed E-state index contributed by atoms with van der Waals surface area (Å²) in [7, 11) is 1.59. The van der Waals surface area contributed by atoms with Gasteiger partial charge in [-0.15, -0.1) is 0 Å². The van der Waals surface area contributed by atoms with Gasteiger partial charge >= 0.3 is 0 Å². The Hall–Kier alpha value is -0.370. The number of rotatable bonds is 4. The van der Waals surface area contributed by atoms with Gasteiger partial charge in [-0.05, 0) is 25.2 Å². The molecular weight excluding hydrogens is 152 g/mol. The van der Waals surface area contributed by atoms with Crippen LogP contribution in [0.5, 0.6) is 0 Å². The summed E-state index contributed by atoms with van der Waals surface area (Å²) in [5.74, 6) is 1.39. The van der Waals surface area contributed by atoms with Gasteiger partial charge in [-0.3, -0.25) is 4.79 Å². The highest BCUT2D eigenvalue weighted by Gasteiger charge is 2.28. The molecule has 0 spiro atoms. The molecule has 0 aromatic carbocycles. The van der Waals surface area contributed by atoms with Gasteiger partial charge in [0.05, 0.1) is 0 Å². The first-order valence-electron chi connectivity index (χ1n) is 4.79. The molecule has 2 heteroatoms. The van der Waals surface area contributed by atoms with Gasteiger partial charge in [-0.25, -0.2) is 0 Å². The highest BCUT2D eigenvalue weighted by atomic mass is 16.5. The number of Topliss-reactive ketones (excluding diaryl/α,β-unsaturated/α-hetero) is 1. The fourth-order valence-corrected chi connectivity index (χ4v) is 2.00. The Morgan fingerprint density at radius 3 is 2.75 bits per heavy atom. The van der Waals surface area contributed by atoms with Gasteiger partial charge < -0.3 is 4.74 Å². The van der Waals surface area contributed by atoms with Crippen LogP contribution in [-0.4, -0.2) is 19.5 Å². The van der Waals surface area contributed by atoms with E-state index in [2.05, 4.69) is 6.92 Å². The van der Waals surface area contributed by atoms with Crippen LogP contribution in [-0.2, 0) is 9.53 Å². The SMILES string of the molecule is CCC1CCC(C(=O)COC)C1. The number of ketones is 1. The minimum absolute atomic E-state index is 0.299. The fraction of sp³-hybridized carbons (Fsp3) is 0.900. The Balaban J connectivity index is 2.31. The summed E-state index contributed by atoms with van der Waals surface area (Å²) < 4.78 is 4.84. The summed E-state index contributed by atoms with van der Waals surface area (Å²) >= 11 is 0. The average Bonchev–Trinajstić information content (AvgIpc) is 2.52. The van der Waals surface area contributed by atoms with E-state index in [1.807, 2.05) is 0 Å².